The fraction of sp³-hybridized carbons (Fsp3) is 0.0556. The molecule has 5 nitrogen and oxygen atoms in total. The van der Waals surface area contributed by atoms with Gasteiger partial charge in [0.15, 0.2) is 0 Å². The van der Waals surface area contributed by atoms with Gasteiger partial charge in [-0.25, -0.2) is 9.78 Å². The Morgan fingerprint density at radius 2 is 2.00 bits per heavy atom. The Labute approximate surface area is 143 Å². The summed E-state index contributed by atoms with van der Waals surface area (Å²) >= 11 is 1.50. The van der Waals surface area contributed by atoms with E-state index in [4.69, 9.17) is 5.26 Å². The van der Waals surface area contributed by atoms with Gasteiger partial charge >= 0.3 is 6.03 Å². The van der Waals surface area contributed by atoms with Crippen molar-refractivity contribution in [3.05, 3.63) is 70.5 Å². The maximum Gasteiger partial charge on any atom is 0.319 e. The van der Waals surface area contributed by atoms with Crippen LogP contribution in [0.1, 0.15) is 10.6 Å². The molecule has 0 aliphatic heterocycles. The van der Waals surface area contributed by atoms with Crippen LogP contribution in [-0.2, 0) is 6.54 Å². The summed E-state index contributed by atoms with van der Waals surface area (Å²) in [6.45, 7) is 0.348. The largest absolute Gasteiger partial charge is 0.331 e. The normalized spacial score (nSPS) is 9.96. The van der Waals surface area contributed by atoms with E-state index in [1.807, 2.05) is 41.8 Å². The highest BCUT2D eigenvalue weighted by Gasteiger charge is 2.07. The Morgan fingerprint density at radius 1 is 1.17 bits per heavy atom. The van der Waals surface area contributed by atoms with Gasteiger partial charge in [-0.2, -0.15) is 5.26 Å². The Morgan fingerprint density at radius 3 is 2.79 bits per heavy atom. The fourth-order valence-corrected chi connectivity index (χ4v) is 2.87. The van der Waals surface area contributed by atoms with E-state index in [-0.39, 0.29) is 6.03 Å². The van der Waals surface area contributed by atoms with E-state index in [9.17, 15) is 4.79 Å². The van der Waals surface area contributed by atoms with Crippen LogP contribution in [0.2, 0.25) is 0 Å². The maximum atomic E-state index is 11.9. The van der Waals surface area contributed by atoms with Gasteiger partial charge in [-0.05, 0) is 18.2 Å². The molecule has 24 heavy (non-hydrogen) atoms. The third-order valence-electron chi connectivity index (χ3n) is 3.27. The van der Waals surface area contributed by atoms with Crippen molar-refractivity contribution >= 4 is 23.1 Å². The molecule has 6 heteroatoms. The number of aromatic nitrogens is 1. The van der Waals surface area contributed by atoms with E-state index in [1.54, 1.807) is 24.3 Å². The molecule has 0 saturated carbocycles. The molecule has 0 atom stereocenters. The van der Waals surface area contributed by atoms with E-state index < -0.39 is 0 Å². The summed E-state index contributed by atoms with van der Waals surface area (Å²) in [5, 5.41) is 17.1. The number of carbonyl (C=O) groups is 1. The first-order valence-corrected chi connectivity index (χ1v) is 8.17. The number of thiazole rings is 1. The van der Waals surface area contributed by atoms with Crippen molar-refractivity contribution in [3.63, 3.8) is 0 Å². The first-order chi connectivity index (χ1) is 11.7. The van der Waals surface area contributed by atoms with E-state index in [0.29, 0.717) is 17.8 Å². The molecular formula is C18H14N4OS. The Balaban J connectivity index is 1.57. The summed E-state index contributed by atoms with van der Waals surface area (Å²) in [5.74, 6) is 0. The molecule has 0 unspecified atom stereocenters. The second-order valence-corrected chi connectivity index (χ2v) is 5.94. The first kappa shape index (κ1) is 15.7. The lowest BCUT2D eigenvalue weighted by atomic mass is 10.2. The van der Waals surface area contributed by atoms with Gasteiger partial charge in [-0.3, -0.25) is 0 Å². The van der Waals surface area contributed by atoms with Crippen molar-refractivity contribution < 1.29 is 4.79 Å². The fourth-order valence-electron chi connectivity index (χ4n) is 2.13. The molecule has 2 N–H and O–H groups in total. The van der Waals surface area contributed by atoms with E-state index >= 15 is 0 Å². The van der Waals surface area contributed by atoms with Crippen LogP contribution in [0.15, 0.2) is 60.0 Å². The molecule has 3 aromatic rings. The zero-order valence-electron chi connectivity index (χ0n) is 12.7. The Bertz CT molecular complexity index is 883. The van der Waals surface area contributed by atoms with Gasteiger partial charge in [0, 0.05) is 16.6 Å². The summed E-state index contributed by atoms with van der Waals surface area (Å²) in [5.41, 5.74) is 3.04. The van der Waals surface area contributed by atoms with Gasteiger partial charge in [0.1, 0.15) is 5.01 Å². The monoisotopic (exact) mass is 334 g/mol. The van der Waals surface area contributed by atoms with Crippen LogP contribution in [0.4, 0.5) is 10.5 Å². The zero-order chi connectivity index (χ0) is 16.8. The summed E-state index contributed by atoms with van der Waals surface area (Å²) in [6, 6.07) is 18.4. The average molecular weight is 334 g/mol. The number of urea groups is 1. The molecule has 2 amide bonds. The summed E-state index contributed by atoms with van der Waals surface area (Å²) < 4.78 is 0. The number of rotatable bonds is 4. The number of nitrogens with zero attached hydrogens (tertiary/aromatic N) is 2. The summed E-state index contributed by atoms with van der Waals surface area (Å²) in [7, 11) is 0. The second kappa shape index (κ2) is 7.40. The van der Waals surface area contributed by atoms with Gasteiger partial charge < -0.3 is 10.6 Å². The van der Waals surface area contributed by atoms with Crippen LogP contribution in [0.5, 0.6) is 0 Å². The molecule has 0 aliphatic rings. The van der Waals surface area contributed by atoms with Crippen molar-refractivity contribution in [2.24, 2.45) is 0 Å². The van der Waals surface area contributed by atoms with Gasteiger partial charge in [-0.15, -0.1) is 11.3 Å². The number of benzene rings is 2. The predicted octanol–water partition coefficient (Wildman–Crippen LogP) is 4.00. The van der Waals surface area contributed by atoms with Crippen LogP contribution in [-0.4, -0.2) is 11.0 Å². The molecule has 0 fully saturated rings. The molecule has 118 valence electrons. The lowest BCUT2D eigenvalue weighted by Crippen LogP contribution is -2.28. The molecule has 1 heterocycles. The molecule has 0 spiro atoms. The average Bonchev–Trinajstić information content (AvgIpc) is 3.10. The second-order valence-electron chi connectivity index (χ2n) is 4.99. The highest BCUT2D eigenvalue weighted by atomic mass is 32.1. The number of nitrogens with one attached hydrogen (secondary N) is 2. The molecule has 0 radical (unpaired) electrons. The highest BCUT2D eigenvalue weighted by Crippen LogP contribution is 2.21. The molecule has 0 bridgehead atoms. The lowest BCUT2D eigenvalue weighted by molar-refractivity contribution is 0.251. The number of carbonyl (C=O) groups excluding carboxylic acids is 1. The number of hydrogen-bond acceptors (Lipinski definition) is 4. The minimum atomic E-state index is -0.332. The smallest absolute Gasteiger partial charge is 0.319 e. The molecule has 0 aliphatic carbocycles. The number of amides is 2. The van der Waals surface area contributed by atoms with Crippen molar-refractivity contribution in [2.75, 3.05) is 5.32 Å². The third-order valence-corrected chi connectivity index (χ3v) is 4.12. The van der Waals surface area contributed by atoms with Crippen molar-refractivity contribution in [3.8, 4) is 17.3 Å². The summed E-state index contributed by atoms with van der Waals surface area (Å²) in [6.07, 6.45) is 0. The quantitative estimate of drug-likeness (QED) is 0.757. The van der Waals surface area contributed by atoms with Crippen LogP contribution < -0.4 is 10.6 Å². The van der Waals surface area contributed by atoms with Gasteiger partial charge in [0.2, 0.25) is 0 Å². The number of hydrogen-bond donors (Lipinski definition) is 2. The standard InChI is InChI=1S/C18H14N4OS/c19-10-13-5-4-8-15(9-13)21-18(23)20-11-17-22-16(12-24-17)14-6-2-1-3-7-14/h1-9,12H,11H2,(H2,20,21,23). The number of nitriles is 1. The Kier molecular flexibility index (Phi) is 4.84. The minimum absolute atomic E-state index is 0.332. The predicted molar refractivity (Wildman–Crippen MR) is 94.6 cm³/mol. The lowest BCUT2D eigenvalue weighted by Gasteiger charge is -2.06. The van der Waals surface area contributed by atoms with Crippen LogP contribution >= 0.6 is 11.3 Å². The number of anilines is 1. The molecule has 3 rings (SSSR count). The molecular weight excluding hydrogens is 320 g/mol. The SMILES string of the molecule is N#Cc1cccc(NC(=O)NCc2nc(-c3ccccc3)cs2)c1. The van der Waals surface area contributed by atoms with Crippen LogP contribution in [0.3, 0.4) is 0 Å². The molecule has 2 aromatic carbocycles. The van der Waals surface area contributed by atoms with Crippen molar-refractivity contribution in [1.82, 2.24) is 10.3 Å². The third kappa shape index (κ3) is 3.97. The van der Waals surface area contributed by atoms with Gasteiger partial charge in [0.05, 0.1) is 23.9 Å². The van der Waals surface area contributed by atoms with Crippen molar-refractivity contribution in [2.45, 2.75) is 6.54 Å². The highest BCUT2D eigenvalue weighted by molar-refractivity contribution is 7.09. The van der Waals surface area contributed by atoms with Crippen molar-refractivity contribution in [1.29, 1.82) is 5.26 Å². The van der Waals surface area contributed by atoms with E-state index in [1.165, 1.54) is 11.3 Å². The van der Waals surface area contributed by atoms with Gasteiger partial charge in [0.25, 0.3) is 0 Å². The van der Waals surface area contributed by atoms with E-state index in [0.717, 1.165) is 16.3 Å². The minimum Gasteiger partial charge on any atom is -0.331 e. The zero-order valence-corrected chi connectivity index (χ0v) is 13.5. The van der Waals surface area contributed by atoms with Crippen LogP contribution in [0, 0.1) is 11.3 Å². The molecule has 1 aromatic heterocycles. The first-order valence-electron chi connectivity index (χ1n) is 7.29. The van der Waals surface area contributed by atoms with Gasteiger partial charge in [-0.1, -0.05) is 36.4 Å². The topological polar surface area (TPSA) is 77.8 Å². The maximum absolute atomic E-state index is 11.9. The van der Waals surface area contributed by atoms with Crippen LogP contribution in [0.25, 0.3) is 11.3 Å². The van der Waals surface area contributed by atoms with E-state index in [2.05, 4.69) is 15.6 Å². The molecule has 0 saturated heterocycles. The summed E-state index contributed by atoms with van der Waals surface area (Å²) in [4.78, 5) is 16.5. The Hall–Kier alpha value is -3.17.